The number of hydrogen-bond donors (Lipinski definition) is 3. The van der Waals surface area contributed by atoms with E-state index in [2.05, 4.69) is 22.8 Å². The Bertz CT molecular complexity index is 1020. The number of rotatable bonds is 10. The Morgan fingerprint density at radius 3 is 2.70 bits per heavy atom. The van der Waals surface area contributed by atoms with Gasteiger partial charge in [-0.1, -0.05) is 47.0 Å². The second-order valence-electron chi connectivity index (χ2n) is 8.29. The van der Waals surface area contributed by atoms with Crippen molar-refractivity contribution in [1.29, 1.82) is 0 Å². The van der Waals surface area contributed by atoms with Gasteiger partial charge in [-0.2, -0.15) is 0 Å². The smallest absolute Gasteiger partial charge is 0.326 e. The summed E-state index contributed by atoms with van der Waals surface area (Å²) < 4.78 is 0. The summed E-state index contributed by atoms with van der Waals surface area (Å²) in [4.78, 5) is 28.9. The van der Waals surface area contributed by atoms with Crippen LogP contribution >= 0.6 is 23.2 Å². The summed E-state index contributed by atoms with van der Waals surface area (Å²) in [5.74, 6) is -0.687. The monoisotopic (exact) mass is 489 g/mol. The summed E-state index contributed by atoms with van der Waals surface area (Å²) in [6.07, 6.45) is 8.05. The Labute approximate surface area is 204 Å². The topological polar surface area (TPSA) is 91.3 Å². The van der Waals surface area contributed by atoms with Crippen LogP contribution in [-0.2, 0) is 17.6 Å². The van der Waals surface area contributed by atoms with E-state index >= 15 is 0 Å². The molecule has 3 rings (SSSR count). The first-order chi connectivity index (χ1) is 15.8. The number of nitrogens with zero attached hydrogens (tertiary/aromatic N) is 1. The maximum atomic E-state index is 12.5. The van der Waals surface area contributed by atoms with E-state index in [0.29, 0.717) is 0 Å². The number of unbranched alkanes of at least 4 members (excludes halogenated alkanes) is 1. The number of aromatic nitrogens is 1. The normalized spacial score (nSPS) is 14.2. The van der Waals surface area contributed by atoms with Crippen LogP contribution < -0.4 is 10.6 Å². The van der Waals surface area contributed by atoms with Crippen molar-refractivity contribution < 1.29 is 14.7 Å². The molecule has 0 saturated heterocycles. The van der Waals surface area contributed by atoms with Crippen molar-refractivity contribution in [3.05, 3.63) is 68.8 Å². The molecule has 0 spiro atoms. The standard InChI is InChI=1S/C25H29Cl2N3O3/c1-16(6-2-3-8-18-13-12-17-7-5-15-28-23(17)29-18)11-14-21(25(32)33)30-24(31)22-19(26)9-4-10-20(22)27/h4,9-13,21H,2-3,5-8,14-15H2,1H3,(H,28,29)(H,30,31)(H,32,33)/b16-11+/t21-/m0/s1. The number of carboxylic acids is 1. The number of carboxylic acid groups (broad SMARTS) is 1. The molecule has 3 N–H and O–H groups in total. The lowest BCUT2D eigenvalue weighted by Gasteiger charge is -2.17. The Kier molecular flexibility index (Phi) is 9.15. The number of anilines is 1. The highest BCUT2D eigenvalue weighted by Crippen LogP contribution is 2.24. The molecule has 33 heavy (non-hydrogen) atoms. The summed E-state index contributed by atoms with van der Waals surface area (Å²) in [5.41, 5.74) is 3.56. The quantitative estimate of drug-likeness (QED) is 0.295. The van der Waals surface area contributed by atoms with Gasteiger partial charge in [-0.25, -0.2) is 9.78 Å². The van der Waals surface area contributed by atoms with Crippen LogP contribution in [0.5, 0.6) is 0 Å². The third-order valence-corrected chi connectivity index (χ3v) is 6.33. The zero-order valence-electron chi connectivity index (χ0n) is 18.7. The maximum absolute atomic E-state index is 12.5. The predicted molar refractivity (Wildman–Crippen MR) is 132 cm³/mol. The molecule has 1 aliphatic heterocycles. The van der Waals surface area contributed by atoms with Gasteiger partial charge in [0, 0.05) is 12.2 Å². The number of aliphatic carboxylic acids is 1. The number of halogens is 2. The number of pyridine rings is 1. The van der Waals surface area contributed by atoms with Crippen LogP contribution in [0.25, 0.3) is 0 Å². The average molecular weight is 490 g/mol. The van der Waals surface area contributed by atoms with Crippen LogP contribution in [-0.4, -0.2) is 34.6 Å². The number of carbonyl (C=O) groups excluding carboxylic acids is 1. The molecule has 0 unspecified atom stereocenters. The van der Waals surface area contributed by atoms with Gasteiger partial charge in [-0.15, -0.1) is 0 Å². The van der Waals surface area contributed by atoms with E-state index in [1.807, 2.05) is 13.0 Å². The molecule has 8 heteroatoms. The Hall–Kier alpha value is -2.57. The molecular formula is C25H29Cl2N3O3. The zero-order chi connectivity index (χ0) is 23.8. The van der Waals surface area contributed by atoms with Gasteiger partial charge in [0.15, 0.2) is 0 Å². The summed E-state index contributed by atoms with van der Waals surface area (Å²) in [5, 5.41) is 15.8. The highest BCUT2D eigenvalue weighted by molar-refractivity contribution is 6.39. The molecule has 0 fully saturated rings. The molecule has 0 aliphatic carbocycles. The van der Waals surface area contributed by atoms with Crippen LogP contribution in [0.1, 0.15) is 60.6 Å². The lowest BCUT2D eigenvalue weighted by atomic mass is 10.0. The lowest BCUT2D eigenvalue weighted by molar-refractivity contribution is -0.139. The van der Waals surface area contributed by atoms with Crippen molar-refractivity contribution in [2.45, 2.75) is 57.9 Å². The Morgan fingerprint density at radius 2 is 1.97 bits per heavy atom. The van der Waals surface area contributed by atoms with Crippen LogP contribution in [0.4, 0.5) is 5.82 Å². The summed E-state index contributed by atoms with van der Waals surface area (Å²) >= 11 is 12.1. The number of hydrogen-bond acceptors (Lipinski definition) is 4. The van der Waals surface area contributed by atoms with E-state index in [9.17, 15) is 14.7 Å². The van der Waals surface area contributed by atoms with E-state index in [4.69, 9.17) is 28.2 Å². The van der Waals surface area contributed by atoms with Gasteiger partial charge in [0.1, 0.15) is 11.9 Å². The number of nitrogens with one attached hydrogen (secondary N) is 2. The van der Waals surface area contributed by atoms with Gasteiger partial charge in [-0.3, -0.25) is 4.79 Å². The predicted octanol–water partition coefficient (Wildman–Crippen LogP) is 5.68. The number of amides is 1. The molecular weight excluding hydrogens is 461 g/mol. The molecule has 0 radical (unpaired) electrons. The lowest BCUT2D eigenvalue weighted by Crippen LogP contribution is -2.40. The number of allylic oxidation sites excluding steroid dienone is 1. The first kappa shape index (κ1) is 25.1. The molecule has 0 bridgehead atoms. The van der Waals surface area contributed by atoms with Crippen LogP contribution in [0.2, 0.25) is 10.0 Å². The fourth-order valence-electron chi connectivity index (χ4n) is 3.81. The van der Waals surface area contributed by atoms with Gasteiger partial charge >= 0.3 is 5.97 Å². The van der Waals surface area contributed by atoms with Gasteiger partial charge in [0.2, 0.25) is 0 Å². The van der Waals surface area contributed by atoms with Gasteiger partial charge in [0.25, 0.3) is 5.91 Å². The highest BCUT2D eigenvalue weighted by atomic mass is 35.5. The minimum atomic E-state index is -1.11. The number of carbonyl (C=O) groups is 2. The Balaban J connectivity index is 1.47. The molecule has 6 nitrogen and oxygen atoms in total. The minimum absolute atomic E-state index is 0.0822. The molecule has 1 amide bonds. The molecule has 176 valence electrons. The first-order valence-corrected chi connectivity index (χ1v) is 12.0. The highest BCUT2D eigenvalue weighted by Gasteiger charge is 2.22. The van der Waals surface area contributed by atoms with Crippen LogP contribution in [0.3, 0.4) is 0 Å². The van der Waals surface area contributed by atoms with E-state index in [1.165, 1.54) is 5.56 Å². The zero-order valence-corrected chi connectivity index (χ0v) is 20.2. The van der Waals surface area contributed by atoms with E-state index in [-0.39, 0.29) is 22.0 Å². The third kappa shape index (κ3) is 7.21. The van der Waals surface area contributed by atoms with Crippen LogP contribution in [0, 0.1) is 0 Å². The molecule has 0 saturated carbocycles. The van der Waals surface area contributed by atoms with Gasteiger partial charge in [0.05, 0.1) is 15.6 Å². The molecule has 2 heterocycles. The number of aryl methyl sites for hydroxylation is 2. The van der Waals surface area contributed by atoms with Crippen molar-refractivity contribution >= 4 is 40.9 Å². The molecule has 1 atom stereocenters. The Morgan fingerprint density at radius 1 is 1.21 bits per heavy atom. The molecule has 1 aliphatic rings. The second-order valence-corrected chi connectivity index (χ2v) is 9.11. The largest absolute Gasteiger partial charge is 0.480 e. The van der Waals surface area contributed by atoms with Gasteiger partial charge in [-0.05, 0) is 75.6 Å². The van der Waals surface area contributed by atoms with E-state index in [0.717, 1.165) is 62.2 Å². The molecule has 2 aromatic rings. The van der Waals surface area contributed by atoms with Crippen molar-refractivity contribution in [2.75, 3.05) is 11.9 Å². The first-order valence-electron chi connectivity index (χ1n) is 11.2. The summed E-state index contributed by atoms with van der Waals surface area (Å²) in [6, 6.07) is 7.93. The number of fused-ring (bicyclic) bond motifs is 1. The second kappa shape index (κ2) is 12.1. The SMILES string of the molecule is C/C(=C\C[C@H](NC(=O)c1c(Cl)cccc1Cl)C(=O)O)CCCCc1ccc2c(n1)NCCC2. The van der Waals surface area contributed by atoms with Crippen molar-refractivity contribution in [3.8, 4) is 0 Å². The maximum Gasteiger partial charge on any atom is 0.326 e. The van der Waals surface area contributed by atoms with Crippen molar-refractivity contribution in [2.24, 2.45) is 0 Å². The number of benzene rings is 1. The van der Waals surface area contributed by atoms with Crippen molar-refractivity contribution in [1.82, 2.24) is 10.3 Å². The van der Waals surface area contributed by atoms with Crippen LogP contribution in [0.15, 0.2) is 42.0 Å². The van der Waals surface area contributed by atoms with E-state index in [1.54, 1.807) is 18.2 Å². The third-order valence-electron chi connectivity index (χ3n) is 5.70. The minimum Gasteiger partial charge on any atom is -0.480 e. The average Bonchev–Trinajstić information content (AvgIpc) is 2.79. The van der Waals surface area contributed by atoms with Crippen molar-refractivity contribution in [3.63, 3.8) is 0 Å². The summed E-state index contributed by atoms with van der Waals surface area (Å²) in [6.45, 7) is 2.96. The summed E-state index contributed by atoms with van der Waals surface area (Å²) in [7, 11) is 0. The fourth-order valence-corrected chi connectivity index (χ4v) is 4.37. The van der Waals surface area contributed by atoms with Gasteiger partial charge < -0.3 is 15.7 Å². The molecule has 1 aromatic carbocycles. The molecule has 1 aromatic heterocycles. The van der Waals surface area contributed by atoms with E-state index < -0.39 is 17.9 Å². The fraction of sp³-hybridized carbons (Fsp3) is 0.400.